The van der Waals surface area contributed by atoms with Crippen LogP contribution in [0, 0.1) is 5.82 Å². The number of nitrogens with zero attached hydrogens (tertiary/aromatic N) is 2. The summed E-state index contributed by atoms with van der Waals surface area (Å²) in [7, 11) is 0. The first-order valence-corrected chi connectivity index (χ1v) is 9.13. The molecule has 0 saturated carbocycles. The van der Waals surface area contributed by atoms with Crippen LogP contribution in [0.15, 0.2) is 22.7 Å². The Hall–Kier alpha value is -1.47. The van der Waals surface area contributed by atoms with Crippen molar-refractivity contribution < 1.29 is 14.0 Å². The molecule has 130 valence electrons. The van der Waals surface area contributed by atoms with Crippen LogP contribution in [0.4, 0.5) is 4.39 Å². The van der Waals surface area contributed by atoms with Gasteiger partial charge >= 0.3 is 0 Å². The molecule has 5 nitrogen and oxygen atoms in total. The summed E-state index contributed by atoms with van der Waals surface area (Å²) in [5.74, 6) is -0.723. The molecule has 2 saturated heterocycles. The minimum absolute atomic E-state index is 0.0159. The highest BCUT2D eigenvalue weighted by molar-refractivity contribution is 9.10. The van der Waals surface area contributed by atoms with Gasteiger partial charge in [0, 0.05) is 38.3 Å². The van der Waals surface area contributed by atoms with Crippen LogP contribution in [0.1, 0.15) is 29.6 Å². The Morgan fingerprint density at radius 2 is 1.92 bits per heavy atom. The molecule has 1 atom stereocenters. The number of halogens is 2. The lowest BCUT2D eigenvalue weighted by atomic mass is 9.99. The quantitative estimate of drug-likeness (QED) is 0.830. The Morgan fingerprint density at radius 3 is 2.62 bits per heavy atom. The van der Waals surface area contributed by atoms with Crippen LogP contribution in [-0.2, 0) is 4.79 Å². The third-order valence-electron chi connectivity index (χ3n) is 4.64. The summed E-state index contributed by atoms with van der Waals surface area (Å²) in [5, 5.41) is 3.22. The number of nitrogens with one attached hydrogen (secondary N) is 1. The van der Waals surface area contributed by atoms with Crippen LogP contribution in [0.5, 0.6) is 0 Å². The van der Waals surface area contributed by atoms with Gasteiger partial charge in [-0.25, -0.2) is 4.39 Å². The predicted molar refractivity (Wildman–Crippen MR) is 92.2 cm³/mol. The number of hydrogen-bond acceptors (Lipinski definition) is 3. The number of piperidine rings is 1. The lowest BCUT2D eigenvalue weighted by Crippen LogP contribution is -2.56. The maximum atomic E-state index is 13.8. The number of benzene rings is 1. The van der Waals surface area contributed by atoms with Crippen molar-refractivity contribution in [3.63, 3.8) is 0 Å². The van der Waals surface area contributed by atoms with E-state index in [-0.39, 0.29) is 17.4 Å². The average Bonchev–Trinajstić information content (AvgIpc) is 2.63. The zero-order valence-electron chi connectivity index (χ0n) is 13.4. The minimum atomic E-state index is -0.470. The fourth-order valence-electron chi connectivity index (χ4n) is 3.32. The third kappa shape index (κ3) is 3.62. The SMILES string of the molecule is O=C(C1CCCCN1C(=O)c1ccc(Br)c(F)c1)N1CCNCC1. The molecule has 1 aromatic carbocycles. The van der Waals surface area contributed by atoms with Crippen molar-refractivity contribution in [2.75, 3.05) is 32.7 Å². The summed E-state index contributed by atoms with van der Waals surface area (Å²) in [6, 6.07) is 3.92. The first-order chi connectivity index (χ1) is 11.6. The number of hydrogen-bond donors (Lipinski definition) is 1. The number of rotatable bonds is 2. The van der Waals surface area contributed by atoms with E-state index >= 15 is 0 Å². The second-order valence-corrected chi connectivity index (χ2v) is 7.07. The van der Waals surface area contributed by atoms with Gasteiger partial charge in [0.15, 0.2) is 0 Å². The summed E-state index contributed by atoms with van der Waals surface area (Å²) < 4.78 is 14.1. The molecule has 1 aromatic rings. The zero-order valence-corrected chi connectivity index (χ0v) is 15.0. The average molecular weight is 398 g/mol. The lowest BCUT2D eigenvalue weighted by Gasteiger charge is -2.39. The fourth-order valence-corrected chi connectivity index (χ4v) is 3.57. The highest BCUT2D eigenvalue weighted by Crippen LogP contribution is 2.23. The van der Waals surface area contributed by atoms with Gasteiger partial charge in [-0.2, -0.15) is 0 Å². The molecule has 2 aliphatic rings. The molecule has 2 fully saturated rings. The van der Waals surface area contributed by atoms with E-state index in [1.54, 1.807) is 11.0 Å². The Labute approximate surface area is 149 Å². The standard InChI is InChI=1S/C17H21BrFN3O2/c18-13-5-4-12(11-14(13)19)16(23)22-8-2-1-3-15(22)17(24)21-9-6-20-7-10-21/h4-5,11,15,20H,1-3,6-10H2. The molecule has 0 radical (unpaired) electrons. The summed E-state index contributed by atoms with van der Waals surface area (Å²) in [5.41, 5.74) is 0.288. The normalized spacial score (nSPS) is 21.7. The Balaban J connectivity index is 1.79. The fraction of sp³-hybridized carbons (Fsp3) is 0.529. The number of amides is 2. The van der Waals surface area contributed by atoms with Crippen LogP contribution in [0.2, 0.25) is 0 Å². The Kier molecular flexibility index (Phi) is 5.50. The topological polar surface area (TPSA) is 52.7 Å². The van der Waals surface area contributed by atoms with Gasteiger partial charge in [-0.1, -0.05) is 0 Å². The lowest BCUT2D eigenvalue weighted by molar-refractivity contribution is -0.137. The van der Waals surface area contributed by atoms with Crippen molar-refractivity contribution in [2.45, 2.75) is 25.3 Å². The molecule has 2 aliphatic heterocycles. The second-order valence-electron chi connectivity index (χ2n) is 6.21. The van der Waals surface area contributed by atoms with Gasteiger partial charge < -0.3 is 15.1 Å². The molecule has 1 unspecified atom stereocenters. The van der Waals surface area contributed by atoms with E-state index in [0.717, 1.165) is 25.9 Å². The van der Waals surface area contributed by atoms with Gasteiger partial charge in [-0.05, 0) is 53.4 Å². The van der Waals surface area contributed by atoms with Crippen molar-refractivity contribution in [1.29, 1.82) is 0 Å². The second kappa shape index (κ2) is 7.61. The summed E-state index contributed by atoms with van der Waals surface area (Å²) in [4.78, 5) is 29.1. The molecule has 3 rings (SSSR count). The highest BCUT2D eigenvalue weighted by atomic mass is 79.9. The molecule has 24 heavy (non-hydrogen) atoms. The molecule has 0 aromatic heterocycles. The van der Waals surface area contributed by atoms with Crippen molar-refractivity contribution in [2.24, 2.45) is 0 Å². The first-order valence-electron chi connectivity index (χ1n) is 8.33. The van der Waals surface area contributed by atoms with Gasteiger partial charge in [-0.15, -0.1) is 0 Å². The van der Waals surface area contributed by atoms with Crippen molar-refractivity contribution >= 4 is 27.7 Å². The number of carbonyl (C=O) groups is 2. The summed E-state index contributed by atoms with van der Waals surface area (Å²) >= 11 is 3.10. The maximum absolute atomic E-state index is 13.8. The van der Waals surface area contributed by atoms with E-state index in [1.807, 2.05) is 4.90 Å². The molecule has 0 bridgehead atoms. The van der Waals surface area contributed by atoms with Crippen LogP contribution in [0.25, 0.3) is 0 Å². The van der Waals surface area contributed by atoms with Crippen molar-refractivity contribution in [1.82, 2.24) is 15.1 Å². The van der Waals surface area contributed by atoms with E-state index < -0.39 is 11.9 Å². The predicted octanol–water partition coefficient (Wildman–Crippen LogP) is 2.01. The molecule has 2 heterocycles. The van der Waals surface area contributed by atoms with E-state index in [1.165, 1.54) is 12.1 Å². The van der Waals surface area contributed by atoms with E-state index in [2.05, 4.69) is 21.2 Å². The molecule has 0 spiro atoms. The maximum Gasteiger partial charge on any atom is 0.254 e. The number of likely N-dealkylation sites (tertiary alicyclic amines) is 1. The highest BCUT2D eigenvalue weighted by Gasteiger charge is 2.35. The van der Waals surface area contributed by atoms with Crippen LogP contribution in [-0.4, -0.2) is 60.4 Å². The van der Waals surface area contributed by atoms with Crippen LogP contribution >= 0.6 is 15.9 Å². The van der Waals surface area contributed by atoms with Gasteiger partial charge in [0.2, 0.25) is 5.91 Å². The largest absolute Gasteiger partial charge is 0.338 e. The van der Waals surface area contributed by atoms with Crippen LogP contribution in [0.3, 0.4) is 0 Å². The molecular formula is C17H21BrFN3O2. The zero-order chi connectivity index (χ0) is 17.1. The third-order valence-corrected chi connectivity index (χ3v) is 5.29. The number of piperazine rings is 1. The first kappa shape index (κ1) is 17.4. The molecule has 2 amide bonds. The van der Waals surface area contributed by atoms with Gasteiger partial charge in [0.1, 0.15) is 11.9 Å². The van der Waals surface area contributed by atoms with Crippen LogP contribution < -0.4 is 5.32 Å². The Bertz CT molecular complexity index is 634. The molecular weight excluding hydrogens is 377 g/mol. The molecule has 0 aliphatic carbocycles. The van der Waals surface area contributed by atoms with Gasteiger partial charge in [0.25, 0.3) is 5.91 Å². The summed E-state index contributed by atoms with van der Waals surface area (Å²) in [6.07, 6.45) is 2.48. The van der Waals surface area contributed by atoms with E-state index in [0.29, 0.717) is 30.5 Å². The van der Waals surface area contributed by atoms with E-state index in [4.69, 9.17) is 0 Å². The van der Waals surface area contributed by atoms with Gasteiger partial charge in [0.05, 0.1) is 4.47 Å². The monoisotopic (exact) mass is 397 g/mol. The number of carbonyl (C=O) groups excluding carboxylic acids is 2. The summed E-state index contributed by atoms with van der Waals surface area (Å²) in [6.45, 7) is 3.45. The smallest absolute Gasteiger partial charge is 0.254 e. The Morgan fingerprint density at radius 1 is 1.17 bits per heavy atom. The van der Waals surface area contributed by atoms with Crippen molar-refractivity contribution in [3.8, 4) is 0 Å². The van der Waals surface area contributed by atoms with Crippen molar-refractivity contribution in [3.05, 3.63) is 34.1 Å². The molecule has 7 heteroatoms. The molecule has 1 N–H and O–H groups in total. The minimum Gasteiger partial charge on any atom is -0.338 e. The van der Waals surface area contributed by atoms with Gasteiger partial charge in [-0.3, -0.25) is 9.59 Å². The van der Waals surface area contributed by atoms with E-state index in [9.17, 15) is 14.0 Å².